The van der Waals surface area contributed by atoms with Gasteiger partial charge in [-0.25, -0.2) is 0 Å². The zero-order valence-electron chi connectivity index (χ0n) is 10.9. The van der Waals surface area contributed by atoms with E-state index in [1.807, 2.05) is 24.1 Å². The van der Waals surface area contributed by atoms with E-state index in [2.05, 4.69) is 34.2 Å². The van der Waals surface area contributed by atoms with Gasteiger partial charge in [-0.05, 0) is 43.0 Å². The van der Waals surface area contributed by atoms with Crippen LogP contribution in [0.1, 0.15) is 25.3 Å². The summed E-state index contributed by atoms with van der Waals surface area (Å²) in [7, 11) is 1.89. The molecule has 0 radical (unpaired) electrons. The maximum absolute atomic E-state index is 11.9. The molecule has 0 aliphatic heterocycles. The lowest BCUT2D eigenvalue weighted by molar-refractivity contribution is -0.128. The summed E-state index contributed by atoms with van der Waals surface area (Å²) >= 11 is 3.46. The van der Waals surface area contributed by atoms with E-state index >= 15 is 0 Å². The van der Waals surface area contributed by atoms with Gasteiger partial charge in [0.05, 0.1) is 6.54 Å². The molecule has 0 spiro atoms. The van der Waals surface area contributed by atoms with Crippen molar-refractivity contribution in [3.05, 3.63) is 28.2 Å². The highest BCUT2D eigenvalue weighted by atomic mass is 79.9. The molecule has 1 aliphatic carbocycles. The predicted octanol–water partition coefficient (Wildman–Crippen LogP) is 3.04. The van der Waals surface area contributed by atoms with Gasteiger partial charge in [-0.1, -0.05) is 22.9 Å². The van der Waals surface area contributed by atoms with Crippen molar-refractivity contribution >= 4 is 27.5 Å². The van der Waals surface area contributed by atoms with E-state index in [0.29, 0.717) is 12.6 Å². The summed E-state index contributed by atoms with van der Waals surface area (Å²) in [5.74, 6) is 0.169. The fourth-order valence-electron chi connectivity index (χ4n) is 1.99. The van der Waals surface area contributed by atoms with Crippen molar-refractivity contribution in [1.82, 2.24) is 4.90 Å². The first-order valence-corrected chi connectivity index (χ1v) is 7.19. The molecule has 1 aromatic rings. The van der Waals surface area contributed by atoms with Crippen LogP contribution in [0.25, 0.3) is 0 Å². The third-order valence-corrected chi connectivity index (χ3v) is 3.86. The molecule has 3 nitrogen and oxygen atoms in total. The standard InChI is InChI=1S/C14H19BrN2O/c1-3-10-8-11(15)4-7-13(10)16-9-14(18)17(2)12-5-6-12/h4,7-8,12,16H,3,5-6,9H2,1-2H3. The first kappa shape index (κ1) is 13.4. The minimum atomic E-state index is 0.169. The van der Waals surface area contributed by atoms with Gasteiger partial charge >= 0.3 is 0 Å². The van der Waals surface area contributed by atoms with E-state index in [9.17, 15) is 4.79 Å². The summed E-state index contributed by atoms with van der Waals surface area (Å²) in [5.41, 5.74) is 2.28. The van der Waals surface area contributed by atoms with Crippen LogP contribution < -0.4 is 5.32 Å². The van der Waals surface area contributed by atoms with Gasteiger partial charge in [0.2, 0.25) is 5.91 Å². The Hall–Kier alpha value is -1.03. The number of benzene rings is 1. The van der Waals surface area contributed by atoms with Crippen LogP contribution in [0.2, 0.25) is 0 Å². The van der Waals surface area contributed by atoms with Crippen molar-refractivity contribution in [1.29, 1.82) is 0 Å². The first-order valence-electron chi connectivity index (χ1n) is 6.39. The number of hydrogen-bond donors (Lipinski definition) is 1. The molecule has 1 aromatic carbocycles. The second-order valence-corrected chi connectivity index (χ2v) is 5.66. The number of anilines is 1. The summed E-state index contributed by atoms with van der Waals surface area (Å²) in [6.07, 6.45) is 3.26. The normalized spacial score (nSPS) is 14.4. The molecule has 1 fully saturated rings. The molecule has 1 saturated carbocycles. The second-order valence-electron chi connectivity index (χ2n) is 4.74. The molecular weight excluding hydrogens is 292 g/mol. The fraction of sp³-hybridized carbons (Fsp3) is 0.500. The average molecular weight is 311 g/mol. The molecular formula is C14H19BrN2O. The number of amides is 1. The number of carbonyl (C=O) groups is 1. The molecule has 18 heavy (non-hydrogen) atoms. The van der Waals surface area contributed by atoms with E-state index in [-0.39, 0.29) is 5.91 Å². The molecule has 1 N–H and O–H groups in total. The maximum Gasteiger partial charge on any atom is 0.241 e. The van der Waals surface area contributed by atoms with E-state index in [4.69, 9.17) is 0 Å². The maximum atomic E-state index is 11.9. The lowest BCUT2D eigenvalue weighted by Gasteiger charge is -2.18. The van der Waals surface area contributed by atoms with Crippen molar-refractivity contribution < 1.29 is 4.79 Å². The molecule has 0 atom stereocenters. The molecule has 98 valence electrons. The fourth-order valence-corrected chi connectivity index (χ4v) is 2.40. The zero-order valence-corrected chi connectivity index (χ0v) is 12.5. The SMILES string of the molecule is CCc1cc(Br)ccc1NCC(=O)N(C)C1CC1. The lowest BCUT2D eigenvalue weighted by atomic mass is 10.1. The Morgan fingerprint density at radius 2 is 2.22 bits per heavy atom. The number of carbonyl (C=O) groups excluding carboxylic acids is 1. The number of halogens is 1. The molecule has 0 saturated heterocycles. The predicted molar refractivity (Wildman–Crippen MR) is 77.8 cm³/mol. The number of likely N-dealkylation sites (N-methyl/N-ethyl adjacent to an activating group) is 1. The monoisotopic (exact) mass is 310 g/mol. The van der Waals surface area contributed by atoms with E-state index < -0.39 is 0 Å². The molecule has 0 bridgehead atoms. The third kappa shape index (κ3) is 3.25. The van der Waals surface area contributed by atoms with Gasteiger partial charge in [-0.3, -0.25) is 4.79 Å². The highest BCUT2D eigenvalue weighted by Crippen LogP contribution is 2.25. The van der Waals surface area contributed by atoms with Crippen LogP contribution in [-0.2, 0) is 11.2 Å². The summed E-state index contributed by atoms with van der Waals surface area (Å²) in [4.78, 5) is 13.8. The Morgan fingerprint density at radius 3 is 2.83 bits per heavy atom. The molecule has 0 unspecified atom stereocenters. The average Bonchev–Trinajstić information content (AvgIpc) is 3.20. The second kappa shape index (κ2) is 5.74. The van der Waals surface area contributed by atoms with Crippen LogP contribution in [-0.4, -0.2) is 30.4 Å². The van der Waals surface area contributed by atoms with Gasteiger partial charge in [0, 0.05) is 23.2 Å². The Labute approximate surface area is 117 Å². The Bertz CT molecular complexity index is 443. The van der Waals surface area contributed by atoms with Crippen LogP contribution >= 0.6 is 15.9 Å². The molecule has 4 heteroatoms. The highest BCUT2D eigenvalue weighted by molar-refractivity contribution is 9.10. The summed E-state index contributed by atoms with van der Waals surface area (Å²) < 4.78 is 1.08. The van der Waals surface area contributed by atoms with Crippen molar-refractivity contribution in [3.8, 4) is 0 Å². The molecule has 1 amide bonds. The first-order chi connectivity index (χ1) is 8.61. The topological polar surface area (TPSA) is 32.3 Å². The number of rotatable bonds is 5. The molecule has 1 aliphatic rings. The number of nitrogens with zero attached hydrogens (tertiary/aromatic N) is 1. The summed E-state index contributed by atoms with van der Waals surface area (Å²) in [6.45, 7) is 2.49. The molecule has 2 rings (SSSR count). The molecule has 0 aromatic heterocycles. The van der Waals surface area contributed by atoms with Gasteiger partial charge < -0.3 is 10.2 Å². The van der Waals surface area contributed by atoms with Gasteiger partial charge in [-0.2, -0.15) is 0 Å². The zero-order chi connectivity index (χ0) is 13.1. The van der Waals surface area contributed by atoms with E-state index in [0.717, 1.165) is 29.4 Å². The van der Waals surface area contributed by atoms with Crippen LogP contribution in [0, 0.1) is 0 Å². The van der Waals surface area contributed by atoms with Gasteiger partial charge in [-0.15, -0.1) is 0 Å². The smallest absolute Gasteiger partial charge is 0.241 e. The number of nitrogens with one attached hydrogen (secondary N) is 1. The van der Waals surface area contributed by atoms with Crippen LogP contribution in [0.5, 0.6) is 0 Å². The van der Waals surface area contributed by atoms with Crippen molar-refractivity contribution in [2.24, 2.45) is 0 Å². The van der Waals surface area contributed by atoms with E-state index in [1.165, 1.54) is 5.56 Å². The summed E-state index contributed by atoms with van der Waals surface area (Å²) in [6, 6.07) is 6.59. The van der Waals surface area contributed by atoms with Crippen LogP contribution in [0.15, 0.2) is 22.7 Å². The van der Waals surface area contributed by atoms with Crippen molar-refractivity contribution in [3.63, 3.8) is 0 Å². The van der Waals surface area contributed by atoms with Crippen molar-refractivity contribution in [2.45, 2.75) is 32.2 Å². The van der Waals surface area contributed by atoms with Crippen molar-refractivity contribution in [2.75, 3.05) is 18.9 Å². The van der Waals surface area contributed by atoms with Crippen LogP contribution in [0.3, 0.4) is 0 Å². The minimum absolute atomic E-state index is 0.169. The number of hydrogen-bond acceptors (Lipinski definition) is 2. The summed E-state index contributed by atoms with van der Waals surface area (Å²) in [5, 5.41) is 3.24. The van der Waals surface area contributed by atoms with E-state index in [1.54, 1.807) is 0 Å². The Morgan fingerprint density at radius 1 is 1.50 bits per heavy atom. The van der Waals surface area contributed by atoms with Gasteiger partial charge in [0.15, 0.2) is 0 Å². The van der Waals surface area contributed by atoms with Gasteiger partial charge in [0.25, 0.3) is 0 Å². The van der Waals surface area contributed by atoms with Crippen LogP contribution in [0.4, 0.5) is 5.69 Å². The Kier molecular flexibility index (Phi) is 4.27. The highest BCUT2D eigenvalue weighted by Gasteiger charge is 2.29. The van der Waals surface area contributed by atoms with Gasteiger partial charge in [0.1, 0.15) is 0 Å². The third-order valence-electron chi connectivity index (χ3n) is 3.37. The largest absolute Gasteiger partial charge is 0.376 e. The lowest BCUT2D eigenvalue weighted by Crippen LogP contribution is -2.33. The Balaban J connectivity index is 1.94. The quantitative estimate of drug-likeness (QED) is 0.906. The molecule has 0 heterocycles. The minimum Gasteiger partial charge on any atom is -0.376 e. The number of aryl methyl sites for hydroxylation is 1.